The highest BCUT2D eigenvalue weighted by atomic mass is 16.1. The van der Waals surface area contributed by atoms with Crippen LogP contribution in [0.15, 0.2) is 39.9 Å². The van der Waals surface area contributed by atoms with Gasteiger partial charge in [-0.15, -0.1) is 0 Å². The van der Waals surface area contributed by atoms with Crippen molar-refractivity contribution in [3.8, 4) is 0 Å². The van der Waals surface area contributed by atoms with Crippen molar-refractivity contribution in [1.29, 1.82) is 0 Å². The first kappa shape index (κ1) is 16.3. The summed E-state index contributed by atoms with van der Waals surface area (Å²) in [6, 6.07) is 8.84. The van der Waals surface area contributed by atoms with Gasteiger partial charge in [-0.25, -0.2) is 14.2 Å². The molecule has 3 aromatic heterocycles. The van der Waals surface area contributed by atoms with Crippen molar-refractivity contribution in [2.75, 3.05) is 0 Å². The van der Waals surface area contributed by atoms with Gasteiger partial charge in [0.15, 0.2) is 5.65 Å². The summed E-state index contributed by atoms with van der Waals surface area (Å²) in [5, 5.41) is 8.90. The van der Waals surface area contributed by atoms with Crippen LogP contribution in [0, 0.1) is 13.8 Å². The number of aromatic nitrogens is 5. The van der Waals surface area contributed by atoms with Crippen LogP contribution in [-0.4, -0.2) is 24.4 Å². The monoisotopic (exact) mass is 349 g/mol. The number of hydrogen-bond donors (Lipinski definition) is 1. The van der Waals surface area contributed by atoms with Crippen molar-refractivity contribution in [2.24, 2.45) is 0 Å². The van der Waals surface area contributed by atoms with Gasteiger partial charge in [0.2, 0.25) is 0 Å². The van der Waals surface area contributed by atoms with Gasteiger partial charge >= 0.3 is 0 Å². The summed E-state index contributed by atoms with van der Waals surface area (Å²) in [5.74, 6) is 0. The number of benzene rings is 1. The first-order valence-electron chi connectivity index (χ1n) is 8.56. The SMILES string of the molecule is CCc1c(C)[nH]n2c(=O)cc(Cn3nc(C)c4ccccc4c3=O)nc12. The highest BCUT2D eigenvalue weighted by molar-refractivity contribution is 5.83. The summed E-state index contributed by atoms with van der Waals surface area (Å²) >= 11 is 0. The van der Waals surface area contributed by atoms with Crippen molar-refractivity contribution < 1.29 is 0 Å². The standard InChI is InChI=1S/C19H19N5O2/c1-4-14-11(2)22-24-17(25)9-13(20-18(14)24)10-23-19(26)16-8-6-5-7-15(16)12(3)21-23/h5-9,22H,4,10H2,1-3H3. The Kier molecular flexibility index (Phi) is 3.72. The summed E-state index contributed by atoms with van der Waals surface area (Å²) in [4.78, 5) is 29.8. The van der Waals surface area contributed by atoms with Crippen LogP contribution >= 0.6 is 0 Å². The smallest absolute Gasteiger partial charge is 0.275 e. The topological polar surface area (TPSA) is 85.0 Å². The number of nitrogens with one attached hydrogen (secondary N) is 1. The molecule has 0 saturated heterocycles. The predicted molar refractivity (Wildman–Crippen MR) is 99.8 cm³/mol. The molecule has 26 heavy (non-hydrogen) atoms. The number of nitrogens with zero attached hydrogens (tertiary/aromatic N) is 4. The van der Waals surface area contributed by atoms with Crippen LogP contribution < -0.4 is 11.1 Å². The number of rotatable bonds is 3. The van der Waals surface area contributed by atoms with Crippen LogP contribution in [0.2, 0.25) is 0 Å². The van der Waals surface area contributed by atoms with Gasteiger partial charge in [0.1, 0.15) is 0 Å². The lowest BCUT2D eigenvalue weighted by molar-refractivity contribution is 0.625. The average Bonchev–Trinajstić information content (AvgIpc) is 2.95. The maximum atomic E-state index is 12.7. The summed E-state index contributed by atoms with van der Waals surface area (Å²) in [7, 11) is 0. The van der Waals surface area contributed by atoms with Gasteiger partial charge in [-0.05, 0) is 26.3 Å². The van der Waals surface area contributed by atoms with E-state index >= 15 is 0 Å². The molecule has 132 valence electrons. The number of hydrogen-bond acceptors (Lipinski definition) is 4. The molecule has 1 N–H and O–H groups in total. The first-order chi connectivity index (χ1) is 12.5. The fourth-order valence-corrected chi connectivity index (χ4v) is 3.41. The summed E-state index contributed by atoms with van der Waals surface area (Å²) in [6.45, 7) is 5.97. The summed E-state index contributed by atoms with van der Waals surface area (Å²) < 4.78 is 2.82. The Morgan fingerprint density at radius 2 is 1.85 bits per heavy atom. The van der Waals surface area contributed by atoms with E-state index in [1.165, 1.54) is 15.3 Å². The number of aryl methyl sites for hydroxylation is 3. The Labute approximate surface area is 148 Å². The maximum absolute atomic E-state index is 12.7. The van der Waals surface area contributed by atoms with Crippen LogP contribution in [0.1, 0.15) is 29.6 Å². The third-order valence-corrected chi connectivity index (χ3v) is 4.69. The van der Waals surface area contributed by atoms with Gasteiger partial charge in [-0.2, -0.15) is 5.10 Å². The maximum Gasteiger partial charge on any atom is 0.275 e. The zero-order chi connectivity index (χ0) is 18.4. The van der Waals surface area contributed by atoms with Gasteiger partial charge in [0, 0.05) is 22.7 Å². The van der Waals surface area contributed by atoms with Crippen LogP contribution in [-0.2, 0) is 13.0 Å². The molecule has 0 unspecified atom stereocenters. The molecular formula is C19H19N5O2. The van der Waals surface area contributed by atoms with Crippen molar-refractivity contribution in [3.63, 3.8) is 0 Å². The second-order valence-corrected chi connectivity index (χ2v) is 6.41. The van der Waals surface area contributed by atoms with E-state index in [0.717, 1.165) is 28.8 Å². The lowest BCUT2D eigenvalue weighted by Gasteiger charge is -2.08. The minimum atomic E-state index is -0.196. The van der Waals surface area contributed by atoms with Crippen LogP contribution in [0.5, 0.6) is 0 Å². The quantitative estimate of drug-likeness (QED) is 0.613. The fourth-order valence-electron chi connectivity index (χ4n) is 3.41. The van der Waals surface area contributed by atoms with E-state index in [1.54, 1.807) is 6.07 Å². The Bertz CT molecular complexity index is 1260. The molecule has 4 aromatic rings. The number of H-pyrrole nitrogens is 1. The summed E-state index contributed by atoms with van der Waals surface area (Å²) in [6.07, 6.45) is 0.766. The molecule has 1 aromatic carbocycles. The number of fused-ring (bicyclic) bond motifs is 2. The van der Waals surface area contributed by atoms with E-state index in [4.69, 9.17) is 0 Å². The molecule has 0 amide bonds. The van der Waals surface area contributed by atoms with E-state index < -0.39 is 0 Å². The lowest BCUT2D eigenvalue weighted by Crippen LogP contribution is -2.26. The summed E-state index contributed by atoms with van der Waals surface area (Å²) in [5.41, 5.74) is 3.44. The lowest BCUT2D eigenvalue weighted by atomic mass is 10.1. The zero-order valence-corrected chi connectivity index (χ0v) is 14.9. The van der Waals surface area contributed by atoms with E-state index in [0.29, 0.717) is 16.7 Å². The normalized spacial score (nSPS) is 11.5. The average molecular weight is 349 g/mol. The molecule has 0 aliphatic rings. The van der Waals surface area contributed by atoms with Crippen molar-refractivity contribution in [1.82, 2.24) is 24.4 Å². The molecule has 0 aliphatic heterocycles. The Morgan fingerprint density at radius 3 is 2.58 bits per heavy atom. The molecule has 4 rings (SSSR count). The van der Waals surface area contributed by atoms with Gasteiger partial charge in [0.25, 0.3) is 11.1 Å². The highest BCUT2D eigenvalue weighted by Gasteiger charge is 2.13. The third-order valence-electron chi connectivity index (χ3n) is 4.69. The molecular weight excluding hydrogens is 330 g/mol. The van der Waals surface area contributed by atoms with Crippen LogP contribution in [0.3, 0.4) is 0 Å². The molecule has 0 spiro atoms. The van der Waals surface area contributed by atoms with Gasteiger partial charge < -0.3 is 0 Å². The molecule has 0 fully saturated rings. The van der Waals surface area contributed by atoms with Crippen molar-refractivity contribution >= 4 is 16.4 Å². The molecule has 0 radical (unpaired) electrons. The Balaban J connectivity index is 1.88. The molecule has 0 saturated carbocycles. The van der Waals surface area contributed by atoms with Crippen LogP contribution in [0.4, 0.5) is 0 Å². The van der Waals surface area contributed by atoms with Crippen LogP contribution in [0.25, 0.3) is 16.4 Å². The molecule has 0 aliphatic carbocycles. The minimum Gasteiger partial charge on any atom is -0.294 e. The van der Waals surface area contributed by atoms with E-state index in [2.05, 4.69) is 15.2 Å². The van der Waals surface area contributed by atoms with Crippen molar-refractivity contribution in [3.05, 3.63) is 73.7 Å². The second-order valence-electron chi connectivity index (χ2n) is 6.41. The van der Waals surface area contributed by atoms with Gasteiger partial charge in [0.05, 0.1) is 23.3 Å². The Morgan fingerprint density at radius 1 is 1.12 bits per heavy atom. The number of aromatic amines is 1. The largest absolute Gasteiger partial charge is 0.294 e. The van der Waals surface area contributed by atoms with Crippen molar-refractivity contribution in [2.45, 2.75) is 33.7 Å². The second kappa shape index (κ2) is 5.94. The van der Waals surface area contributed by atoms with Gasteiger partial charge in [-0.1, -0.05) is 25.1 Å². The molecule has 3 heterocycles. The van der Waals surface area contributed by atoms with E-state index in [1.807, 2.05) is 39.0 Å². The zero-order valence-electron chi connectivity index (χ0n) is 14.9. The third kappa shape index (κ3) is 2.44. The minimum absolute atomic E-state index is 0.156. The predicted octanol–water partition coefficient (Wildman–Crippen LogP) is 1.96. The van der Waals surface area contributed by atoms with E-state index in [9.17, 15) is 9.59 Å². The highest BCUT2D eigenvalue weighted by Crippen LogP contribution is 2.14. The Hall–Kier alpha value is -3.22. The molecule has 0 atom stereocenters. The molecule has 0 bridgehead atoms. The van der Waals surface area contributed by atoms with Gasteiger partial charge in [-0.3, -0.25) is 14.7 Å². The fraction of sp³-hybridized carbons (Fsp3) is 0.263. The van der Waals surface area contributed by atoms with E-state index in [-0.39, 0.29) is 17.7 Å². The molecule has 7 heteroatoms. The first-order valence-corrected chi connectivity index (χ1v) is 8.56. The molecule has 7 nitrogen and oxygen atoms in total.